The first-order valence-corrected chi connectivity index (χ1v) is 9.71. The zero-order valence-electron chi connectivity index (χ0n) is 14.8. The van der Waals surface area contributed by atoms with E-state index in [1.165, 1.54) is 17.3 Å². The summed E-state index contributed by atoms with van der Waals surface area (Å²) in [5.41, 5.74) is 3.17. The largest absolute Gasteiger partial charge is 0.488 e. The van der Waals surface area contributed by atoms with Crippen LogP contribution in [0.25, 0.3) is 6.08 Å². The molecule has 0 radical (unpaired) electrons. The summed E-state index contributed by atoms with van der Waals surface area (Å²) in [4.78, 5) is 18.7. The average Bonchev–Trinajstić information content (AvgIpc) is 2.89. The molecule has 0 atom stereocenters. The predicted octanol–water partition coefficient (Wildman–Crippen LogP) is 4.87. The van der Waals surface area contributed by atoms with E-state index in [9.17, 15) is 4.79 Å². The second-order valence-corrected chi connectivity index (χ2v) is 7.87. The van der Waals surface area contributed by atoms with E-state index in [4.69, 9.17) is 4.74 Å². The molecule has 1 amide bonds. The van der Waals surface area contributed by atoms with E-state index < -0.39 is 0 Å². The lowest BCUT2D eigenvalue weighted by Gasteiger charge is -2.11. The molecule has 2 aromatic rings. The van der Waals surface area contributed by atoms with E-state index in [-0.39, 0.29) is 5.91 Å². The first kappa shape index (κ1) is 18.7. The number of amides is 1. The molecular formula is C20H19BrN2O2S. The second kappa shape index (κ2) is 8.10. The Morgan fingerprint density at radius 3 is 2.77 bits per heavy atom. The Kier molecular flexibility index (Phi) is 5.84. The van der Waals surface area contributed by atoms with Gasteiger partial charge in [-0.25, -0.2) is 0 Å². The molecule has 0 N–H and O–H groups in total. The minimum atomic E-state index is -0.0554. The first-order chi connectivity index (χ1) is 12.5. The van der Waals surface area contributed by atoms with Crippen LogP contribution in [0.15, 0.2) is 56.8 Å². The molecule has 0 spiro atoms. The fourth-order valence-corrected chi connectivity index (χ4v) is 3.91. The average molecular weight is 431 g/mol. The van der Waals surface area contributed by atoms with Crippen LogP contribution in [0.3, 0.4) is 0 Å². The van der Waals surface area contributed by atoms with Crippen molar-refractivity contribution in [3.8, 4) is 5.75 Å². The molecule has 26 heavy (non-hydrogen) atoms. The number of carbonyl (C=O) groups excluding carboxylic acids is 1. The van der Waals surface area contributed by atoms with Gasteiger partial charge in [0.05, 0.1) is 4.91 Å². The summed E-state index contributed by atoms with van der Waals surface area (Å²) in [6.07, 6.45) is 1.86. The molecule has 1 fully saturated rings. The molecule has 0 unspecified atom stereocenters. The minimum absolute atomic E-state index is 0.0554. The SMILES string of the molecule is CN=C1S/C(=C/c2cc(Br)ccc2OCc2cccc(C)c2)C(=O)N1C. The minimum Gasteiger partial charge on any atom is -0.488 e. The molecule has 134 valence electrons. The van der Waals surface area contributed by atoms with Crippen LogP contribution in [-0.4, -0.2) is 30.1 Å². The van der Waals surface area contributed by atoms with Gasteiger partial charge in [-0.2, -0.15) is 0 Å². The van der Waals surface area contributed by atoms with Gasteiger partial charge < -0.3 is 4.74 Å². The fourth-order valence-electron chi connectivity index (χ4n) is 2.62. The standard InChI is InChI=1S/C20H19BrN2O2S/c1-13-5-4-6-14(9-13)12-25-17-8-7-16(21)10-15(17)11-18-19(24)23(3)20(22-2)26-18/h4-11H,12H2,1-3H3/b18-11+,22-20?. The Labute approximate surface area is 166 Å². The third kappa shape index (κ3) is 4.19. The van der Waals surface area contributed by atoms with Crippen LogP contribution in [0.4, 0.5) is 0 Å². The lowest BCUT2D eigenvalue weighted by atomic mass is 10.1. The fraction of sp³-hybridized carbons (Fsp3) is 0.200. The molecule has 1 aliphatic rings. The lowest BCUT2D eigenvalue weighted by molar-refractivity contribution is -0.121. The molecule has 0 saturated carbocycles. The van der Waals surface area contributed by atoms with E-state index in [1.54, 1.807) is 19.0 Å². The Hall–Kier alpha value is -2.05. The highest BCUT2D eigenvalue weighted by Crippen LogP contribution is 2.34. The highest BCUT2D eigenvalue weighted by molar-refractivity contribution is 9.10. The molecule has 4 nitrogen and oxygen atoms in total. The molecular weight excluding hydrogens is 412 g/mol. The highest BCUT2D eigenvalue weighted by Gasteiger charge is 2.29. The second-order valence-electron chi connectivity index (χ2n) is 5.94. The number of rotatable bonds is 4. The zero-order valence-corrected chi connectivity index (χ0v) is 17.2. The van der Waals surface area contributed by atoms with Gasteiger partial charge in [0.2, 0.25) is 0 Å². The molecule has 2 aromatic carbocycles. The number of benzene rings is 2. The monoisotopic (exact) mass is 430 g/mol. The Bertz CT molecular complexity index is 908. The highest BCUT2D eigenvalue weighted by atomic mass is 79.9. The van der Waals surface area contributed by atoms with Crippen molar-refractivity contribution in [1.82, 2.24) is 4.90 Å². The van der Waals surface area contributed by atoms with Crippen LogP contribution in [0.5, 0.6) is 5.75 Å². The number of ether oxygens (including phenoxy) is 1. The van der Waals surface area contributed by atoms with Gasteiger partial charge in [-0.15, -0.1) is 0 Å². The molecule has 6 heteroatoms. The van der Waals surface area contributed by atoms with Gasteiger partial charge in [0.1, 0.15) is 12.4 Å². The number of thioether (sulfide) groups is 1. The quantitative estimate of drug-likeness (QED) is 0.649. The maximum atomic E-state index is 12.4. The Morgan fingerprint density at radius 1 is 1.27 bits per heavy atom. The topological polar surface area (TPSA) is 41.9 Å². The molecule has 1 aliphatic heterocycles. The van der Waals surface area contributed by atoms with Crippen molar-refractivity contribution in [2.24, 2.45) is 4.99 Å². The van der Waals surface area contributed by atoms with Gasteiger partial charge in [-0.05, 0) is 48.5 Å². The van der Waals surface area contributed by atoms with Crippen LogP contribution in [0.1, 0.15) is 16.7 Å². The van der Waals surface area contributed by atoms with Crippen molar-refractivity contribution in [1.29, 1.82) is 0 Å². The van der Waals surface area contributed by atoms with E-state index in [0.717, 1.165) is 21.3 Å². The van der Waals surface area contributed by atoms with Gasteiger partial charge in [0, 0.05) is 24.1 Å². The van der Waals surface area contributed by atoms with E-state index >= 15 is 0 Å². The zero-order chi connectivity index (χ0) is 18.7. The van der Waals surface area contributed by atoms with Crippen molar-refractivity contribution >= 4 is 44.8 Å². The van der Waals surface area contributed by atoms with Crippen LogP contribution < -0.4 is 4.74 Å². The Morgan fingerprint density at radius 2 is 2.08 bits per heavy atom. The summed E-state index contributed by atoms with van der Waals surface area (Å²) in [5, 5.41) is 0.693. The summed E-state index contributed by atoms with van der Waals surface area (Å²) in [6, 6.07) is 14.0. The van der Waals surface area contributed by atoms with Crippen molar-refractivity contribution in [2.75, 3.05) is 14.1 Å². The number of hydrogen-bond acceptors (Lipinski definition) is 4. The van der Waals surface area contributed by atoms with Crippen LogP contribution >= 0.6 is 27.7 Å². The summed E-state index contributed by atoms with van der Waals surface area (Å²) >= 11 is 4.86. The number of hydrogen-bond donors (Lipinski definition) is 0. The molecule has 1 heterocycles. The number of amidine groups is 1. The predicted molar refractivity (Wildman–Crippen MR) is 111 cm³/mol. The smallest absolute Gasteiger partial charge is 0.266 e. The van der Waals surface area contributed by atoms with E-state index in [1.807, 2.05) is 36.4 Å². The molecule has 1 saturated heterocycles. The van der Waals surface area contributed by atoms with Crippen molar-refractivity contribution in [3.63, 3.8) is 0 Å². The van der Waals surface area contributed by atoms with Crippen molar-refractivity contribution < 1.29 is 9.53 Å². The molecule has 3 rings (SSSR count). The number of likely N-dealkylation sites (N-methyl/N-ethyl adjacent to an activating group) is 1. The van der Waals surface area contributed by atoms with Gasteiger partial charge in [0.15, 0.2) is 5.17 Å². The summed E-state index contributed by atoms with van der Waals surface area (Å²) in [7, 11) is 3.42. The Balaban J connectivity index is 1.87. The maximum absolute atomic E-state index is 12.4. The first-order valence-electron chi connectivity index (χ1n) is 8.10. The van der Waals surface area contributed by atoms with Crippen LogP contribution in [-0.2, 0) is 11.4 Å². The van der Waals surface area contributed by atoms with Gasteiger partial charge >= 0.3 is 0 Å². The van der Waals surface area contributed by atoms with Gasteiger partial charge in [0.25, 0.3) is 5.91 Å². The summed E-state index contributed by atoms with van der Waals surface area (Å²) < 4.78 is 6.96. The van der Waals surface area contributed by atoms with Gasteiger partial charge in [-0.1, -0.05) is 45.8 Å². The van der Waals surface area contributed by atoms with Crippen molar-refractivity contribution in [3.05, 3.63) is 68.5 Å². The number of halogens is 1. The number of nitrogens with zero attached hydrogens (tertiary/aromatic N) is 2. The van der Waals surface area contributed by atoms with Crippen LogP contribution in [0, 0.1) is 6.92 Å². The van der Waals surface area contributed by atoms with E-state index in [0.29, 0.717) is 16.7 Å². The third-order valence-corrected chi connectivity index (χ3v) is 5.57. The molecule has 0 bridgehead atoms. The number of aliphatic imine (C=N–C) groups is 1. The molecule has 0 aliphatic carbocycles. The normalized spacial score (nSPS) is 17.4. The number of aryl methyl sites for hydroxylation is 1. The summed E-state index contributed by atoms with van der Waals surface area (Å²) in [5.74, 6) is 0.681. The van der Waals surface area contributed by atoms with Crippen LogP contribution in [0.2, 0.25) is 0 Å². The third-order valence-electron chi connectivity index (χ3n) is 3.93. The van der Waals surface area contributed by atoms with Gasteiger partial charge in [-0.3, -0.25) is 14.7 Å². The molecule has 0 aromatic heterocycles. The number of carbonyl (C=O) groups is 1. The summed E-state index contributed by atoms with van der Waals surface area (Å²) in [6.45, 7) is 2.54. The maximum Gasteiger partial charge on any atom is 0.266 e. The van der Waals surface area contributed by atoms with Crippen molar-refractivity contribution in [2.45, 2.75) is 13.5 Å². The lowest BCUT2D eigenvalue weighted by Crippen LogP contribution is -2.23. The van der Waals surface area contributed by atoms with E-state index in [2.05, 4.69) is 40.0 Å².